The summed E-state index contributed by atoms with van der Waals surface area (Å²) in [6.45, 7) is 0. The Morgan fingerprint density at radius 2 is 0.750 bits per heavy atom. The standard InChI is InChI=1S/C32H20Br4N6O8S2/c33-19-9-13(10-20(34)25(19)39-41-27-23(37)15-5-1-3-7-17(15)31(29(27)43)51(45,46)47)14-11-21(35)26(22(36)12-14)40-42-28-24(38)16-6-2-4-8-18(16)32(30(28)44)52(48,49)50/h1-12,43-44H,37-38H2,(H,45,46,47)(H,48,49,50)/b41-39+,42-40+. The molecule has 0 saturated heterocycles. The predicted octanol–water partition coefficient (Wildman–Crippen LogP) is 10.6. The summed E-state index contributed by atoms with van der Waals surface area (Å²) in [5.41, 5.74) is 13.5. The molecule has 0 atom stereocenters. The zero-order valence-electron chi connectivity index (χ0n) is 25.6. The number of hydrogen-bond acceptors (Lipinski definition) is 12. The van der Waals surface area contributed by atoms with Crippen molar-refractivity contribution in [2.45, 2.75) is 9.79 Å². The number of benzene rings is 6. The molecule has 0 saturated carbocycles. The molecule has 6 rings (SSSR count). The molecule has 52 heavy (non-hydrogen) atoms. The minimum Gasteiger partial charge on any atom is -0.504 e. The van der Waals surface area contributed by atoms with Crippen LogP contribution in [-0.4, -0.2) is 36.2 Å². The molecule has 0 radical (unpaired) electrons. The first-order valence-corrected chi connectivity index (χ1v) is 20.3. The Morgan fingerprint density at radius 3 is 1.04 bits per heavy atom. The van der Waals surface area contributed by atoms with Gasteiger partial charge >= 0.3 is 0 Å². The number of halogens is 4. The Bertz CT molecular complexity index is 2560. The second kappa shape index (κ2) is 14.1. The molecule has 0 aromatic heterocycles. The molecule has 266 valence electrons. The molecule has 0 aliphatic rings. The Labute approximate surface area is 328 Å². The number of nitrogen functional groups attached to an aromatic ring is 2. The summed E-state index contributed by atoms with van der Waals surface area (Å²) in [5.74, 6) is -1.73. The van der Waals surface area contributed by atoms with Gasteiger partial charge in [0.1, 0.15) is 21.2 Å². The fourth-order valence-corrected chi connectivity index (χ4v) is 9.68. The van der Waals surface area contributed by atoms with Crippen molar-refractivity contribution in [3.05, 3.63) is 90.7 Å². The summed E-state index contributed by atoms with van der Waals surface area (Å²) in [6.07, 6.45) is 0. The van der Waals surface area contributed by atoms with Crippen molar-refractivity contribution in [2.75, 3.05) is 11.5 Å². The second-order valence-corrected chi connectivity index (χ2v) is 17.0. The molecule has 20 heteroatoms. The van der Waals surface area contributed by atoms with Crippen molar-refractivity contribution in [2.24, 2.45) is 20.5 Å². The number of nitrogens with zero attached hydrogens (tertiary/aromatic N) is 4. The highest BCUT2D eigenvalue weighted by molar-refractivity contribution is 9.11. The molecule has 6 aromatic carbocycles. The van der Waals surface area contributed by atoms with Gasteiger partial charge in [-0.15, -0.1) is 20.5 Å². The maximum Gasteiger partial charge on any atom is 0.298 e. The van der Waals surface area contributed by atoms with Crippen molar-refractivity contribution in [3.8, 4) is 22.6 Å². The molecule has 8 N–H and O–H groups in total. The molecular formula is C32H20Br4N6O8S2. The third-order valence-electron chi connectivity index (χ3n) is 7.70. The predicted molar refractivity (Wildman–Crippen MR) is 211 cm³/mol. The van der Waals surface area contributed by atoms with Crippen LogP contribution in [0.1, 0.15) is 0 Å². The molecule has 0 aliphatic carbocycles. The second-order valence-electron chi connectivity index (χ2n) is 10.9. The molecule has 0 bridgehead atoms. The van der Waals surface area contributed by atoms with E-state index in [1.165, 1.54) is 36.4 Å². The molecule has 0 aliphatic heterocycles. The Hall–Kier alpha value is -4.02. The average Bonchev–Trinajstić information content (AvgIpc) is 3.05. The number of azo groups is 2. The van der Waals surface area contributed by atoms with Crippen LogP contribution in [0.25, 0.3) is 32.7 Å². The minimum atomic E-state index is -4.88. The van der Waals surface area contributed by atoms with Gasteiger partial charge < -0.3 is 21.7 Å². The molecule has 0 fully saturated rings. The first kappa shape index (κ1) is 37.7. The lowest BCUT2D eigenvalue weighted by atomic mass is 10.1. The van der Waals surface area contributed by atoms with Gasteiger partial charge in [0.25, 0.3) is 20.2 Å². The van der Waals surface area contributed by atoms with Gasteiger partial charge in [-0.1, -0.05) is 48.5 Å². The van der Waals surface area contributed by atoms with E-state index in [-0.39, 0.29) is 55.7 Å². The average molecular weight is 1000 g/mol. The third-order valence-corrected chi connectivity index (χ3v) is 12.0. The summed E-state index contributed by atoms with van der Waals surface area (Å²) in [4.78, 5) is -1.50. The van der Waals surface area contributed by atoms with Gasteiger partial charge in [-0.25, -0.2) is 0 Å². The lowest BCUT2D eigenvalue weighted by Gasteiger charge is -2.13. The molecule has 0 amide bonds. The number of phenols is 2. The van der Waals surface area contributed by atoms with Crippen LogP contribution in [0, 0.1) is 0 Å². The van der Waals surface area contributed by atoms with Crippen molar-refractivity contribution < 1.29 is 36.2 Å². The molecule has 0 unspecified atom stereocenters. The minimum absolute atomic E-state index is 0.0118. The highest BCUT2D eigenvalue weighted by Gasteiger charge is 2.27. The number of rotatable bonds is 7. The molecule has 0 spiro atoms. The molecule has 0 heterocycles. The topological polar surface area (TPSA) is 251 Å². The fraction of sp³-hybridized carbons (Fsp3) is 0. The van der Waals surface area contributed by atoms with Crippen LogP contribution in [0.15, 0.2) is 121 Å². The highest BCUT2D eigenvalue weighted by atomic mass is 79.9. The van der Waals surface area contributed by atoms with Crippen molar-refractivity contribution in [1.82, 2.24) is 0 Å². The zero-order valence-corrected chi connectivity index (χ0v) is 33.6. The maximum absolute atomic E-state index is 12.2. The van der Waals surface area contributed by atoms with Crippen LogP contribution in [0.4, 0.5) is 34.1 Å². The van der Waals surface area contributed by atoms with Gasteiger partial charge in [0.15, 0.2) is 22.9 Å². The van der Waals surface area contributed by atoms with Crippen molar-refractivity contribution >= 4 is 140 Å². The van der Waals surface area contributed by atoms with Crippen LogP contribution < -0.4 is 11.5 Å². The van der Waals surface area contributed by atoms with E-state index in [4.69, 9.17) is 11.5 Å². The van der Waals surface area contributed by atoms with E-state index in [0.717, 1.165) is 0 Å². The number of nitrogens with two attached hydrogens (primary N) is 2. The Morgan fingerprint density at radius 1 is 0.481 bits per heavy atom. The van der Waals surface area contributed by atoms with Crippen LogP contribution in [0.5, 0.6) is 11.5 Å². The lowest BCUT2D eigenvalue weighted by Crippen LogP contribution is -2.02. The number of hydrogen-bond donors (Lipinski definition) is 6. The zero-order chi connectivity index (χ0) is 37.9. The first-order chi connectivity index (χ1) is 24.4. The van der Waals surface area contributed by atoms with E-state index in [0.29, 0.717) is 29.0 Å². The first-order valence-electron chi connectivity index (χ1n) is 14.2. The van der Waals surface area contributed by atoms with E-state index < -0.39 is 41.5 Å². The number of fused-ring (bicyclic) bond motifs is 2. The lowest BCUT2D eigenvalue weighted by molar-refractivity contribution is 0.444. The van der Waals surface area contributed by atoms with E-state index in [1.807, 2.05) is 0 Å². The largest absolute Gasteiger partial charge is 0.504 e. The summed E-state index contributed by atoms with van der Waals surface area (Å²) in [7, 11) is -9.75. The van der Waals surface area contributed by atoms with E-state index in [1.54, 1.807) is 36.4 Å². The number of anilines is 2. The van der Waals surface area contributed by atoms with Gasteiger partial charge in [-0.2, -0.15) is 16.8 Å². The van der Waals surface area contributed by atoms with Crippen LogP contribution in [-0.2, 0) is 20.2 Å². The highest BCUT2D eigenvalue weighted by Crippen LogP contribution is 2.49. The van der Waals surface area contributed by atoms with E-state index in [2.05, 4.69) is 84.2 Å². The number of aromatic hydroxyl groups is 2. The SMILES string of the molecule is Nc1c(/N=N/c2c(Br)cc(-c3cc(Br)c(/N=N/c4c(O)c(S(=O)(=O)O)c5ccccc5c4N)c(Br)c3)cc2Br)c(O)c(S(=O)(=O)O)c2ccccc12. The third kappa shape index (κ3) is 6.92. The summed E-state index contributed by atoms with van der Waals surface area (Å²) >= 11 is 13.9. The summed E-state index contributed by atoms with van der Waals surface area (Å²) in [5, 5.41) is 38.7. The normalized spacial score (nSPS) is 12.5. The summed E-state index contributed by atoms with van der Waals surface area (Å²) < 4.78 is 70.1. The van der Waals surface area contributed by atoms with E-state index in [9.17, 15) is 36.2 Å². The molecule has 6 aromatic rings. The Kier molecular flexibility index (Phi) is 10.2. The maximum atomic E-state index is 12.2. The van der Waals surface area contributed by atoms with Crippen LogP contribution in [0.3, 0.4) is 0 Å². The van der Waals surface area contributed by atoms with E-state index >= 15 is 0 Å². The quantitative estimate of drug-likeness (QED) is 0.0501. The van der Waals surface area contributed by atoms with Gasteiger partial charge in [-0.05, 0) is 99.1 Å². The monoisotopic (exact) mass is 996 g/mol. The van der Waals surface area contributed by atoms with Crippen molar-refractivity contribution in [3.63, 3.8) is 0 Å². The van der Waals surface area contributed by atoms with Gasteiger partial charge in [-0.3, -0.25) is 9.11 Å². The van der Waals surface area contributed by atoms with Gasteiger partial charge in [0.05, 0.1) is 11.4 Å². The smallest absolute Gasteiger partial charge is 0.298 e. The Balaban J connectivity index is 1.37. The van der Waals surface area contributed by atoms with Gasteiger partial charge in [0.2, 0.25) is 0 Å². The molecular weight excluding hydrogens is 980 g/mol. The van der Waals surface area contributed by atoms with Gasteiger partial charge in [0, 0.05) is 39.4 Å². The van der Waals surface area contributed by atoms with Crippen LogP contribution >= 0.6 is 63.7 Å². The fourth-order valence-electron chi connectivity index (χ4n) is 5.39. The number of phenolic OH excluding ortho intramolecular Hbond substituents is 2. The van der Waals surface area contributed by atoms with Crippen LogP contribution in [0.2, 0.25) is 0 Å². The summed E-state index contributed by atoms with van der Waals surface area (Å²) in [6, 6.07) is 18.9. The molecule has 14 nitrogen and oxygen atoms in total. The van der Waals surface area contributed by atoms with Crippen molar-refractivity contribution in [1.29, 1.82) is 0 Å².